The average molecular weight is 554 g/mol. The van der Waals surface area contributed by atoms with Gasteiger partial charge in [0.1, 0.15) is 6.61 Å². The van der Waals surface area contributed by atoms with E-state index in [1.54, 1.807) is 24.3 Å². The quantitative estimate of drug-likeness (QED) is 0.189. The Labute approximate surface area is 234 Å². The van der Waals surface area contributed by atoms with Gasteiger partial charge in [0.2, 0.25) is 5.91 Å². The molecule has 0 aliphatic carbocycles. The van der Waals surface area contributed by atoms with Gasteiger partial charge in [-0.15, -0.1) is 0 Å². The van der Waals surface area contributed by atoms with Gasteiger partial charge in [0.15, 0.2) is 0 Å². The summed E-state index contributed by atoms with van der Waals surface area (Å²) in [6.45, 7) is 12.3. The third-order valence-electron chi connectivity index (χ3n) is 6.73. The number of hydrogen-bond acceptors (Lipinski definition) is 7. The molecule has 11 nitrogen and oxygen atoms in total. The number of likely N-dealkylation sites (N-methyl/N-ethyl adjacent to an activating group) is 1. The number of amides is 3. The predicted molar refractivity (Wildman–Crippen MR) is 154 cm³/mol. The summed E-state index contributed by atoms with van der Waals surface area (Å²) >= 11 is 0. The minimum atomic E-state index is -0.771. The van der Waals surface area contributed by atoms with Gasteiger partial charge in [-0.25, -0.2) is 0 Å². The van der Waals surface area contributed by atoms with Crippen molar-refractivity contribution in [3.8, 4) is 0 Å². The molecule has 1 unspecified atom stereocenters. The average Bonchev–Trinajstić information content (AvgIpc) is 3.37. The van der Waals surface area contributed by atoms with E-state index in [9.17, 15) is 24.3 Å². The number of ether oxygens (including phenoxy) is 1. The van der Waals surface area contributed by atoms with E-state index < -0.39 is 12.1 Å². The van der Waals surface area contributed by atoms with Crippen LogP contribution >= 0.6 is 0 Å². The van der Waals surface area contributed by atoms with E-state index in [0.29, 0.717) is 46.0 Å². The SMILES string of the molecule is CCN(CC)CCNC(=O)c1c(C)[nH]c(/C=C2\C(=O)Nc3ccc(NC(=O)CCC(=O)OCC(C)O)cc32)c1C. The lowest BCUT2D eigenvalue weighted by atomic mass is 10.0. The van der Waals surface area contributed by atoms with E-state index in [-0.39, 0.29) is 37.2 Å². The Hall–Kier alpha value is -3.96. The Bertz CT molecular complexity index is 1290. The van der Waals surface area contributed by atoms with E-state index in [0.717, 1.165) is 25.2 Å². The summed E-state index contributed by atoms with van der Waals surface area (Å²) in [6.07, 6.45) is 0.731. The van der Waals surface area contributed by atoms with Crippen LogP contribution in [0.2, 0.25) is 0 Å². The number of aliphatic hydroxyl groups excluding tert-OH is 1. The molecule has 1 atom stereocenters. The van der Waals surface area contributed by atoms with Crippen LogP contribution in [0.25, 0.3) is 11.6 Å². The molecule has 1 aromatic heterocycles. The smallest absolute Gasteiger partial charge is 0.306 e. The number of benzene rings is 1. The van der Waals surface area contributed by atoms with Crippen molar-refractivity contribution in [2.24, 2.45) is 0 Å². The zero-order chi connectivity index (χ0) is 29.4. The molecule has 0 saturated carbocycles. The van der Waals surface area contributed by atoms with Crippen molar-refractivity contribution < 1.29 is 29.0 Å². The fraction of sp³-hybridized carbons (Fsp3) is 0.448. The number of aromatic nitrogens is 1. The van der Waals surface area contributed by atoms with Gasteiger partial charge >= 0.3 is 5.97 Å². The summed E-state index contributed by atoms with van der Waals surface area (Å²) in [6, 6.07) is 5.05. The van der Waals surface area contributed by atoms with E-state index in [2.05, 4.69) is 39.7 Å². The van der Waals surface area contributed by atoms with Crippen LogP contribution in [0.3, 0.4) is 0 Å². The monoisotopic (exact) mass is 553 g/mol. The summed E-state index contributed by atoms with van der Waals surface area (Å²) in [5.41, 5.74) is 4.71. The molecule has 216 valence electrons. The van der Waals surface area contributed by atoms with Crippen LogP contribution in [0.4, 0.5) is 11.4 Å². The number of rotatable bonds is 13. The van der Waals surface area contributed by atoms with Gasteiger partial charge in [0.25, 0.3) is 11.8 Å². The highest BCUT2D eigenvalue weighted by atomic mass is 16.5. The fourth-order valence-corrected chi connectivity index (χ4v) is 4.49. The van der Waals surface area contributed by atoms with Crippen LogP contribution in [-0.2, 0) is 19.1 Å². The highest BCUT2D eigenvalue weighted by molar-refractivity contribution is 6.35. The molecular formula is C29H39N5O6. The van der Waals surface area contributed by atoms with Crippen LogP contribution in [0.1, 0.15) is 66.5 Å². The van der Waals surface area contributed by atoms with Crippen molar-refractivity contribution in [2.45, 2.75) is 53.6 Å². The molecule has 3 amide bonds. The number of aryl methyl sites for hydroxylation is 1. The van der Waals surface area contributed by atoms with E-state index in [1.807, 2.05) is 13.8 Å². The third-order valence-corrected chi connectivity index (χ3v) is 6.73. The molecule has 0 radical (unpaired) electrons. The van der Waals surface area contributed by atoms with Crippen LogP contribution in [0.5, 0.6) is 0 Å². The molecule has 2 heterocycles. The number of nitrogens with zero attached hydrogens (tertiary/aromatic N) is 1. The number of hydrogen-bond donors (Lipinski definition) is 5. The van der Waals surface area contributed by atoms with Crippen molar-refractivity contribution >= 4 is 46.7 Å². The number of carbonyl (C=O) groups excluding carboxylic acids is 4. The molecule has 0 fully saturated rings. The zero-order valence-corrected chi connectivity index (χ0v) is 23.8. The Morgan fingerprint density at radius 2 is 1.88 bits per heavy atom. The minimum absolute atomic E-state index is 0.0870. The van der Waals surface area contributed by atoms with Crippen molar-refractivity contribution in [1.82, 2.24) is 15.2 Å². The summed E-state index contributed by atoms with van der Waals surface area (Å²) < 4.78 is 4.87. The summed E-state index contributed by atoms with van der Waals surface area (Å²) in [7, 11) is 0. The second-order valence-corrected chi connectivity index (χ2v) is 9.80. The first-order chi connectivity index (χ1) is 19.0. The van der Waals surface area contributed by atoms with Crippen molar-refractivity contribution in [2.75, 3.05) is 43.4 Å². The second kappa shape index (κ2) is 13.9. The Kier molecular flexibility index (Phi) is 10.6. The number of H-pyrrole nitrogens is 1. The molecule has 11 heteroatoms. The van der Waals surface area contributed by atoms with E-state index in [1.165, 1.54) is 6.92 Å². The molecule has 3 rings (SSSR count). The second-order valence-electron chi connectivity index (χ2n) is 9.80. The van der Waals surface area contributed by atoms with E-state index in [4.69, 9.17) is 4.74 Å². The predicted octanol–water partition coefficient (Wildman–Crippen LogP) is 2.84. The van der Waals surface area contributed by atoms with Gasteiger partial charge in [-0.1, -0.05) is 13.8 Å². The molecule has 1 aliphatic rings. The number of aliphatic hydroxyl groups is 1. The van der Waals surface area contributed by atoms with Gasteiger partial charge in [-0.2, -0.15) is 0 Å². The van der Waals surface area contributed by atoms with E-state index >= 15 is 0 Å². The Balaban J connectivity index is 1.72. The molecular weight excluding hydrogens is 514 g/mol. The van der Waals surface area contributed by atoms with Crippen molar-refractivity contribution in [3.63, 3.8) is 0 Å². The molecule has 0 bridgehead atoms. The normalized spacial score (nSPS) is 14.2. The molecule has 1 aliphatic heterocycles. The number of aromatic amines is 1. The number of nitrogens with one attached hydrogen (secondary N) is 4. The lowest BCUT2D eigenvalue weighted by Crippen LogP contribution is -2.35. The van der Waals surface area contributed by atoms with Gasteiger partial charge in [-0.05, 0) is 63.7 Å². The van der Waals surface area contributed by atoms with Crippen LogP contribution in [-0.4, -0.2) is 77.6 Å². The van der Waals surface area contributed by atoms with Gasteiger partial charge in [-0.3, -0.25) is 19.2 Å². The standard InChI is InChI=1S/C29H39N5O6/c1-6-34(7-2)13-12-30-29(39)27-18(4)24(31-19(27)5)15-22-21-14-20(8-9-23(21)33-28(22)38)32-25(36)10-11-26(37)40-16-17(3)35/h8-9,14-15,17,31,35H,6-7,10-13,16H2,1-5H3,(H,30,39)(H,32,36)(H,33,38)/b22-15-. The fourth-order valence-electron chi connectivity index (χ4n) is 4.49. The summed E-state index contributed by atoms with van der Waals surface area (Å²) in [4.78, 5) is 55.3. The molecule has 2 aromatic rings. The lowest BCUT2D eigenvalue weighted by molar-refractivity contribution is -0.147. The lowest BCUT2D eigenvalue weighted by Gasteiger charge is -2.18. The number of anilines is 2. The molecule has 0 saturated heterocycles. The highest BCUT2D eigenvalue weighted by Crippen LogP contribution is 2.36. The number of esters is 1. The van der Waals surface area contributed by atoms with Crippen molar-refractivity contribution in [3.05, 3.63) is 46.3 Å². The molecule has 5 N–H and O–H groups in total. The first kappa shape index (κ1) is 30.6. The van der Waals surface area contributed by atoms with Crippen LogP contribution < -0.4 is 16.0 Å². The maximum atomic E-state index is 12.9. The van der Waals surface area contributed by atoms with Gasteiger partial charge < -0.3 is 35.7 Å². The first-order valence-corrected chi connectivity index (χ1v) is 13.5. The third kappa shape index (κ3) is 7.80. The molecule has 1 aromatic carbocycles. The Morgan fingerprint density at radius 3 is 2.55 bits per heavy atom. The maximum absolute atomic E-state index is 12.9. The number of carbonyl (C=O) groups is 4. The van der Waals surface area contributed by atoms with Crippen LogP contribution in [0, 0.1) is 13.8 Å². The zero-order valence-electron chi connectivity index (χ0n) is 23.8. The highest BCUT2D eigenvalue weighted by Gasteiger charge is 2.26. The maximum Gasteiger partial charge on any atom is 0.306 e. The summed E-state index contributed by atoms with van der Waals surface area (Å²) in [5, 5.41) is 17.7. The van der Waals surface area contributed by atoms with Crippen molar-refractivity contribution in [1.29, 1.82) is 0 Å². The van der Waals surface area contributed by atoms with Gasteiger partial charge in [0, 0.05) is 47.8 Å². The molecule has 40 heavy (non-hydrogen) atoms. The van der Waals surface area contributed by atoms with Crippen LogP contribution in [0.15, 0.2) is 18.2 Å². The first-order valence-electron chi connectivity index (χ1n) is 13.5. The minimum Gasteiger partial charge on any atom is -0.463 e. The van der Waals surface area contributed by atoms with Gasteiger partial charge in [0.05, 0.1) is 23.7 Å². The largest absolute Gasteiger partial charge is 0.463 e. The molecule has 0 spiro atoms. The Morgan fingerprint density at radius 1 is 1.15 bits per heavy atom. The summed E-state index contributed by atoms with van der Waals surface area (Å²) in [5.74, 6) is -1.42. The number of fused-ring (bicyclic) bond motifs is 1. The topological polar surface area (TPSA) is 153 Å².